The Bertz CT molecular complexity index is 410. The average molecular weight is 256 g/mol. The van der Waals surface area contributed by atoms with E-state index in [0.717, 1.165) is 12.1 Å². The number of hydrogen-bond donors (Lipinski definition) is 2. The number of carbonyl (C=O) groups excluding carboxylic acids is 1. The van der Waals surface area contributed by atoms with Gasteiger partial charge in [0.1, 0.15) is 0 Å². The van der Waals surface area contributed by atoms with E-state index in [1.54, 1.807) is 0 Å². The largest absolute Gasteiger partial charge is 0.352 e. The third kappa shape index (κ3) is 4.79. The highest BCUT2D eigenvalue weighted by molar-refractivity contribution is 5.76. The molecule has 1 aromatic carbocycles. The number of benzene rings is 1. The molecule has 0 heterocycles. The zero-order valence-corrected chi connectivity index (χ0v) is 10.4. The first kappa shape index (κ1) is 14.6. The van der Waals surface area contributed by atoms with Crippen LogP contribution in [-0.2, 0) is 11.2 Å². The fourth-order valence-corrected chi connectivity index (χ4v) is 1.55. The predicted octanol–water partition coefficient (Wildman–Crippen LogP) is 1.75. The van der Waals surface area contributed by atoms with Crippen LogP contribution in [0.2, 0.25) is 0 Å². The van der Waals surface area contributed by atoms with Crippen LogP contribution in [0.25, 0.3) is 0 Å². The molecule has 0 aliphatic rings. The summed E-state index contributed by atoms with van der Waals surface area (Å²) in [5.41, 5.74) is 6.07. The van der Waals surface area contributed by atoms with Crippen LogP contribution in [0.3, 0.4) is 0 Å². The third-order valence-electron chi connectivity index (χ3n) is 2.61. The van der Waals surface area contributed by atoms with Crippen molar-refractivity contribution >= 4 is 5.91 Å². The van der Waals surface area contributed by atoms with Gasteiger partial charge in [0.2, 0.25) is 5.91 Å². The first-order valence-corrected chi connectivity index (χ1v) is 5.96. The van der Waals surface area contributed by atoms with E-state index in [1.807, 2.05) is 6.92 Å². The Balaban J connectivity index is 2.33. The molecule has 1 rings (SSSR count). The first-order valence-electron chi connectivity index (χ1n) is 5.96. The number of amides is 1. The molecule has 0 fully saturated rings. The first-order chi connectivity index (χ1) is 8.52. The number of halogens is 2. The summed E-state index contributed by atoms with van der Waals surface area (Å²) in [6.07, 6.45) is 1.49. The van der Waals surface area contributed by atoms with Crippen molar-refractivity contribution in [2.45, 2.75) is 32.2 Å². The molecule has 100 valence electrons. The maximum atomic E-state index is 12.9. The van der Waals surface area contributed by atoms with Crippen molar-refractivity contribution in [2.75, 3.05) is 6.54 Å². The lowest BCUT2D eigenvalue weighted by Crippen LogP contribution is -2.37. The van der Waals surface area contributed by atoms with E-state index in [0.29, 0.717) is 31.4 Å². The summed E-state index contributed by atoms with van der Waals surface area (Å²) < 4.78 is 25.6. The van der Waals surface area contributed by atoms with Crippen LogP contribution >= 0.6 is 0 Å². The fourth-order valence-electron chi connectivity index (χ4n) is 1.55. The second-order valence-corrected chi connectivity index (χ2v) is 4.31. The standard InChI is InChI=1S/C13H18F2N2O/c1-9(8-16)17-13(18)4-2-3-10-5-6-11(14)12(15)7-10/h5-7,9H,2-4,8,16H2,1H3,(H,17,18)/t9-/m0/s1. The molecule has 3 nitrogen and oxygen atoms in total. The van der Waals surface area contributed by atoms with Gasteiger partial charge in [-0.25, -0.2) is 8.78 Å². The van der Waals surface area contributed by atoms with Crippen LogP contribution in [0.4, 0.5) is 8.78 Å². The molecule has 0 saturated carbocycles. The van der Waals surface area contributed by atoms with Crippen molar-refractivity contribution in [3.63, 3.8) is 0 Å². The molecule has 3 N–H and O–H groups in total. The van der Waals surface area contributed by atoms with Crippen LogP contribution in [0.1, 0.15) is 25.3 Å². The summed E-state index contributed by atoms with van der Waals surface area (Å²) in [5.74, 6) is -1.78. The van der Waals surface area contributed by atoms with Gasteiger partial charge >= 0.3 is 0 Å². The van der Waals surface area contributed by atoms with Crippen molar-refractivity contribution in [3.05, 3.63) is 35.4 Å². The van der Waals surface area contributed by atoms with Crippen molar-refractivity contribution in [3.8, 4) is 0 Å². The molecule has 1 amide bonds. The normalized spacial score (nSPS) is 12.2. The van der Waals surface area contributed by atoms with Crippen molar-refractivity contribution in [2.24, 2.45) is 5.73 Å². The maximum absolute atomic E-state index is 12.9. The highest BCUT2D eigenvalue weighted by Gasteiger charge is 2.06. The van der Waals surface area contributed by atoms with Gasteiger partial charge in [0.15, 0.2) is 11.6 Å². The van der Waals surface area contributed by atoms with Gasteiger partial charge in [-0.3, -0.25) is 4.79 Å². The molecule has 5 heteroatoms. The van der Waals surface area contributed by atoms with E-state index in [4.69, 9.17) is 5.73 Å². The van der Waals surface area contributed by atoms with Crippen LogP contribution in [0.15, 0.2) is 18.2 Å². The Morgan fingerprint density at radius 3 is 2.72 bits per heavy atom. The predicted molar refractivity (Wildman–Crippen MR) is 66.0 cm³/mol. The highest BCUT2D eigenvalue weighted by atomic mass is 19.2. The van der Waals surface area contributed by atoms with Gasteiger partial charge in [-0.15, -0.1) is 0 Å². The van der Waals surface area contributed by atoms with Gasteiger partial charge in [0, 0.05) is 19.0 Å². The molecule has 0 aliphatic heterocycles. The number of rotatable bonds is 6. The number of nitrogens with two attached hydrogens (primary N) is 1. The smallest absolute Gasteiger partial charge is 0.220 e. The molecule has 0 spiro atoms. The van der Waals surface area contributed by atoms with Crippen LogP contribution in [0.5, 0.6) is 0 Å². The number of nitrogens with one attached hydrogen (secondary N) is 1. The summed E-state index contributed by atoms with van der Waals surface area (Å²) in [4.78, 5) is 11.4. The van der Waals surface area contributed by atoms with E-state index in [9.17, 15) is 13.6 Å². The maximum Gasteiger partial charge on any atom is 0.220 e. The van der Waals surface area contributed by atoms with Gasteiger partial charge in [-0.1, -0.05) is 6.07 Å². The summed E-state index contributed by atoms with van der Waals surface area (Å²) in [6, 6.07) is 3.75. The Hall–Kier alpha value is -1.49. The Morgan fingerprint density at radius 2 is 2.11 bits per heavy atom. The van der Waals surface area contributed by atoms with E-state index >= 15 is 0 Å². The Morgan fingerprint density at radius 1 is 1.39 bits per heavy atom. The van der Waals surface area contributed by atoms with Crippen molar-refractivity contribution in [1.29, 1.82) is 0 Å². The minimum atomic E-state index is -0.853. The summed E-state index contributed by atoms with van der Waals surface area (Å²) in [7, 11) is 0. The van der Waals surface area contributed by atoms with Crippen molar-refractivity contribution < 1.29 is 13.6 Å². The lowest BCUT2D eigenvalue weighted by Gasteiger charge is -2.10. The fraction of sp³-hybridized carbons (Fsp3) is 0.462. The average Bonchev–Trinajstić information content (AvgIpc) is 2.33. The molecule has 0 radical (unpaired) electrons. The molecule has 1 atom stereocenters. The van der Waals surface area contributed by atoms with E-state index < -0.39 is 11.6 Å². The molecule has 18 heavy (non-hydrogen) atoms. The molecular weight excluding hydrogens is 238 g/mol. The second kappa shape index (κ2) is 7.06. The molecule has 0 bridgehead atoms. The van der Waals surface area contributed by atoms with Gasteiger partial charge in [-0.05, 0) is 37.5 Å². The van der Waals surface area contributed by atoms with E-state index in [2.05, 4.69) is 5.32 Å². The highest BCUT2D eigenvalue weighted by Crippen LogP contribution is 2.11. The molecule has 0 unspecified atom stereocenters. The van der Waals surface area contributed by atoms with Crippen LogP contribution in [-0.4, -0.2) is 18.5 Å². The van der Waals surface area contributed by atoms with E-state index in [-0.39, 0.29) is 11.9 Å². The van der Waals surface area contributed by atoms with Crippen LogP contribution < -0.4 is 11.1 Å². The van der Waals surface area contributed by atoms with Gasteiger partial charge in [0.05, 0.1) is 0 Å². The lowest BCUT2D eigenvalue weighted by atomic mass is 10.1. The lowest BCUT2D eigenvalue weighted by molar-refractivity contribution is -0.121. The second-order valence-electron chi connectivity index (χ2n) is 4.31. The number of hydrogen-bond acceptors (Lipinski definition) is 2. The van der Waals surface area contributed by atoms with Gasteiger partial charge < -0.3 is 11.1 Å². The summed E-state index contributed by atoms with van der Waals surface area (Å²) >= 11 is 0. The molecule has 0 saturated heterocycles. The Kier molecular flexibility index (Phi) is 5.71. The molecule has 0 aliphatic carbocycles. The summed E-state index contributed by atoms with van der Waals surface area (Å²) in [5, 5.41) is 2.74. The molecular formula is C13H18F2N2O. The monoisotopic (exact) mass is 256 g/mol. The minimum absolute atomic E-state index is 0.0410. The van der Waals surface area contributed by atoms with Crippen LogP contribution in [0, 0.1) is 11.6 Å². The number of carbonyl (C=O) groups is 1. The number of aryl methyl sites for hydroxylation is 1. The quantitative estimate of drug-likeness (QED) is 0.814. The molecule has 1 aromatic rings. The van der Waals surface area contributed by atoms with Gasteiger partial charge in [0.25, 0.3) is 0 Å². The topological polar surface area (TPSA) is 55.1 Å². The van der Waals surface area contributed by atoms with Gasteiger partial charge in [-0.2, -0.15) is 0 Å². The Labute approximate surface area is 105 Å². The zero-order chi connectivity index (χ0) is 13.5. The minimum Gasteiger partial charge on any atom is -0.352 e. The molecule has 0 aromatic heterocycles. The summed E-state index contributed by atoms with van der Waals surface area (Å²) in [6.45, 7) is 2.22. The van der Waals surface area contributed by atoms with E-state index in [1.165, 1.54) is 6.07 Å². The zero-order valence-electron chi connectivity index (χ0n) is 10.4. The SMILES string of the molecule is C[C@@H](CN)NC(=O)CCCc1ccc(F)c(F)c1. The third-order valence-corrected chi connectivity index (χ3v) is 2.61. The van der Waals surface area contributed by atoms with Crippen molar-refractivity contribution in [1.82, 2.24) is 5.32 Å².